The highest BCUT2D eigenvalue weighted by Crippen LogP contribution is 2.27. The number of carboxylic acid groups (broad SMARTS) is 1. The van der Waals surface area contributed by atoms with Crippen LogP contribution in [0.2, 0.25) is 0 Å². The van der Waals surface area contributed by atoms with Gasteiger partial charge in [-0.15, -0.1) is 0 Å². The van der Waals surface area contributed by atoms with Gasteiger partial charge in [-0.3, -0.25) is 14.2 Å². The molecule has 1 saturated heterocycles. The summed E-state index contributed by atoms with van der Waals surface area (Å²) in [6.45, 7) is 7.82. The first kappa shape index (κ1) is 17.3. The molecule has 0 radical (unpaired) electrons. The van der Waals surface area contributed by atoms with E-state index in [4.69, 9.17) is 4.52 Å². The number of amides is 1. The second-order valence-electron chi connectivity index (χ2n) is 6.84. The fourth-order valence-corrected chi connectivity index (χ4v) is 3.54. The zero-order valence-electron chi connectivity index (χ0n) is 14.9. The minimum atomic E-state index is -0.840. The quantitative estimate of drug-likeness (QED) is 0.924. The summed E-state index contributed by atoms with van der Waals surface area (Å²) >= 11 is 0. The summed E-state index contributed by atoms with van der Waals surface area (Å²) in [4.78, 5) is 26.1. The molecule has 7 heteroatoms. The molecule has 2 atom stereocenters. The predicted molar refractivity (Wildman–Crippen MR) is 90.9 cm³/mol. The van der Waals surface area contributed by atoms with E-state index < -0.39 is 11.9 Å². The van der Waals surface area contributed by atoms with Crippen LogP contribution in [-0.2, 0) is 4.79 Å². The van der Waals surface area contributed by atoms with E-state index in [1.165, 1.54) is 0 Å². The van der Waals surface area contributed by atoms with Crippen LogP contribution < -0.4 is 0 Å². The number of carboxylic acids is 1. The second kappa shape index (κ2) is 6.38. The number of aliphatic carboxylic acids is 1. The number of likely N-dealkylation sites (tertiary alicyclic amines) is 1. The Morgan fingerprint density at radius 1 is 1.24 bits per heavy atom. The zero-order chi connectivity index (χ0) is 18.3. The molecule has 1 fully saturated rings. The first-order valence-electron chi connectivity index (χ1n) is 8.46. The minimum absolute atomic E-state index is 0.0282. The van der Waals surface area contributed by atoms with Crippen molar-refractivity contribution in [3.05, 3.63) is 34.8 Å². The number of hydrogen-bond donors (Lipinski definition) is 1. The molecule has 134 valence electrons. The molecule has 3 rings (SSSR count). The standard InChI is InChI=1S/C18H23N3O4/c1-10-5-6-14(18(23)24)9-20(10)17(22)15-7-11(2)21(13(15)4)16-8-12(3)25-19-16/h7-8,10,14H,5-6,9H2,1-4H3,(H,23,24). The predicted octanol–water partition coefficient (Wildman–Crippen LogP) is 2.72. The Kier molecular flexibility index (Phi) is 4.41. The Morgan fingerprint density at radius 3 is 2.56 bits per heavy atom. The average molecular weight is 345 g/mol. The summed E-state index contributed by atoms with van der Waals surface area (Å²) in [7, 11) is 0. The molecule has 1 N–H and O–H groups in total. The van der Waals surface area contributed by atoms with E-state index in [9.17, 15) is 14.7 Å². The van der Waals surface area contributed by atoms with E-state index in [-0.39, 0.29) is 18.5 Å². The summed E-state index contributed by atoms with van der Waals surface area (Å²) < 4.78 is 7.02. The number of rotatable bonds is 3. The van der Waals surface area contributed by atoms with Crippen molar-refractivity contribution in [3.63, 3.8) is 0 Å². The lowest BCUT2D eigenvalue weighted by Gasteiger charge is -2.36. The summed E-state index contributed by atoms with van der Waals surface area (Å²) in [5.74, 6) is -0.126. The van der Waals surface area contributed by atoms with Gasteiger partial charge in [0, 0.05) is 30.0 Å². The summed E-state index contributed by atoms with van der Waals surface area (Å²) in [5, 5.41) is 13.3. The lowest BCUT2D eigenvalue weighted by molar-refractivity contribution is -0.143. The van der Waals surface area contributed by atoms with Gasteiger partial charge < -0.3 is 14.5 Å². The van der Waals surface area contributed by atoms with Crippen LogP contribution in [-0.4, -0.2) is 44.2 Å². The van der Waals surface area contributed by atoms with Crippen molar-refractivity contribution >= 4 is 11.9 Å². The van der Waals surface area contributed by atoms with E-state index in [1.807, 2.05) is 44.4 Å². The molecule has 7 nitrogen and oxygen atoms in total. The Morgan fingerprint density at radius 2 is 1.96 bits per heavy atom. The molecular weight excluding hydrogens is 322 g/mol. The molecule has 0 aliphatic carbocycles. The molecule has 0 spiro atoms. The molecule has 0 bridgehead atoms. The lowest BCUT2D eigenvalue weighted by atomic mass is 9.93. The minimum Gasteiger partial charge on any atom is -0.481 e. The van der Waals surface area contributed by atoms with Gasteiger partial charge in [0.05, 0.1) is 11.5 Å². The molecule has 1 aliphatic rings. The van der Waals surface area contributed by atoms with Crippen molar-refractivity contribution in [2.45, 2.75) is 46.6 Å². The van der Waals surface area contributed by atoms with Crippen LogP contribution in [0, 0.1) is 26.7 Å². The first-order chi connectivity index (χ1) is 11.8. The fourth-order valence-electron chi connectivity index (χ4n) is 3.54. The topological polar surface area (TPSA) is 88.6 Å². The Labute approximate surface area is 146 Å². The normalized spacial score (nSPS) is 20.7. The van der Waals surface area contributed by atoms with Crippen molar-refractivity contribution in [1.82, 2.24) is 14.6 Å². The summed E-state index contributed by atoms with van der Waals surface area (Å²) in [6.07, 6.45) is 1.31. The van der Waals surface area contributed by atoms with Crippen LogP contribution in [0.1, 0.15) is 47.3 Å². The fraction of sp³-hybridized carbons (Fsp3) is 0.500. The maximum absolute atomic E-state index is 13.1. The second-order valence-corrected chi connectivity index (χ2v) is 6.84. The SMILES string of the molecule is Cc1cc(-n2c(C)cc(C(=O)N3CC(C(=O)O)CCC3C)c2C)no1. The van der Waals surface area contributed by atoms with Crippen LogP contribution in [0.4, 0.5) is 0 Å². The van der Waals surface area contributed by atoms with Gasteiger partial charge in [0.1, 0.15) is 5.76 Å². The molecule has 3 heterocycles. The van der Waals surface area contributed by atoms with Gasteiger partial charge in [-0.25, -0.2) is 0 Å². The van der Waals surface area contributed by atoms with Crippen LogP contribution in [0.3, 0.4) is 0 Å². The molecule has 25 heavy (non-hydrogen) atoms. The Balaban J connectivity index is 1.93. The van der Waals surface area contributed by atoms with E-state index in [2.05, 4.69) is 5.16 Å². The van der Waals surface area contributed by atoms with E-state index >= 15 is 0 Å². The third-order valence-electron chi connectivity index (χ3n) is 5.00. The monoisotopic (exact) mass is 345 g/mol. The summed E-state index contributed by atoms with van der Waals surface area (Å²) in [6, 6.07) is 3.68. The highest BCUT2D eigenvalue weighted by atomic mass is 16.5. The van der Waals surface area contributed by atoms with Crippen molar-refractivity contribution < 1.29 is 19.2 Å². The van der Waals surface area contributed by atoms with Gasteiger partial charge >= 0.3 is 5.97 Å². The molecule has 2 unspecified atom stereocenters. The largest absolute Gasteiger partial charge is 0.481 e. The van der Waals surface area contributed by atoms with Crippen molar-refractivity contribution in [3.8, 4) is 5.82 Å². The van der Waals surface area contributed by atoms with Crippen LogP contribution in [0.15, 0.2) is 16.7 Å². The molecule has 2 aromatic heterocycles. The van der Waals surface area contributed by atoms with Gasteiger partial charge in [0.25, 0.3) is 5.91 Å². The van der Waals surface area contributed by atoms with Gasteiger partial charge in [0.15, 0.2) is 5.82 Å². The van der Waals surface area contributed by atoms with E-state index in [1.54, 1.807) is 4.90 Å². The third-order valence-corrected chi connectivity index (χ3v) is 5.00. The van der Waals surface area contributed by atoms with E-state index in [0.717, 1.165) is 11.4 Å². The van der Waals surface area contributed by atoms with Gasteiger partial charge in [-0.1, -0.05) is 5.16 Å². The first-order valence-corrected chi connectivity index (χ1v) is 8.46. The molecule has 2 aromatic rings. The van der Waals surface area contributed by atoms with Gasteiger partial charge in [0.2, 0.25) is 0 Å². The van der Waals surface area contributed by atoms with Gasteiger partial charge in [-0.2, -0.15) is 0 Å². The maximum atomic E-state index is 13.1. The van der Waals surface area contributed by atoms with Crippen molar-refractivity contribution in [2.24, 2.45) is 5.92 Å². The third kappa shape index (κ3) is 3.06. The number of aryl methyl sites for hydroxylation is 2. The number of piperidine rings is 1. The highest BCUT2D eigenvalue weighted by molar-refractivity contribution is 5.96. The molecular formula is C18H23N3O4. The smallest absolute Gasteiger partial charge is 0.308 e. The number of carbonyl (C=O) groups is 2. The number of hydrogen-bond acceptors (Lipinski definition) is 4. The van der Waals surface area contributed by atoms with Crippen LogP contribution in [0.25, 0.3) is 5.82 Å². The highest BCUT2D eigenvalue weighted by Gasteiger charge is 2.34. The molecule has 0 aromatic carbocycles. The number of carbonyl (C=O) groups excluding carboxylic acids is 1. The Hall–Kier alpha value is -2.57. The molecule has 1 aliphatic heterocycles. The van der Waals surface area contributed by atoms with Crippen LogP contribution in [0.5, 0.6) is 0 Å². The Bertz CT molecular complexity index is 820. The maximum Gasteiger partial charge on any atom is 0.308 e. The number of aromatic nitrogens is 2. The van der Waals surface area contributed by atoms with E-state index in [0.29, 0.717) is 30.0 Å². The van der Waals surface area contributed by atoms with Crippen molar-refractivity contribution in [1.29, 1.82) is 0 Å². The van der Waals surface area contributed by atoms with Crippen LogP contribution >= 0.6 is 0 Å². The van der Waals surface area contributed by atoms with Gasteiger partial charge in [-0.05, 0) is 46.6 Å². The summed E-state index contributed by atoms with van der Waals surface area (Å²) in [5.41, 5.74) is 2.24. The molecule has 0 saturated carbocycles. The molecule has 1 amide bonds. The zero-order valence-corrected chi connectivity index (χ0v) is 14.9. The lowest BCUT2D eigenvalue weighted by Crippen LogP contribution is -2.47. The number of nitrogens with zero attached hydrogens (tertiary/aromatic N) is 3. The van der Waals surface area contributed by atoms with Crippen molar-refractivity contribution in [2.75, 3.05) is 6.54 Å². The average Bonchev–Trinajstić information content (AvgIpc) is 3.10.